The highest BCUT2D eigenvalue weighted by Crippen LogP contribution is 2.36. The van der Waals surface area contributed by atoms with E-state index in [9.17, 15) is 13.7 Å². The zero-order valence-electron chi connectivity index (χ0n) is 20.0. The van der Waals surface area contributed by atoms with Crippen LogP contribution < -0.4 is 13.8 Å². The van der Waals surface area contributed by atoms with Crippen molar-refractivity contribution in [1.82, 2.24) is 14.2 Å². The van der Waals surface area contributed by atoms with E-state index in [2.05, 4.69) is 27.2 Å². The van der Waals surface area contributed by atoms with Crippen LogP contribution in [0, 0.1) is 11.3 Å². The number of likely N-dealkylation sites (tertiary alicyclic amines) is 1. The molecule has 8 nitrogen and oxygen atoms in total. The predicted octanol–water partition coefficient (Wildman–Crippen LogP) is 3.72. The summed E-state index contributed by atoms with van der Waals surface area (Å²) in [5, 5.41) is 10.9. The van der Waals surface area contributed by atoms with Gasteiger partial charge in [0.1, 0.15) is 18.4 Å². The fourth-order valence-corrected chi connectivity index (χ4v) is 6.40. The molecular formula is C26H31N5O3S. The van der Waals surface area contributed by atoms with E-state index in [1.54, 1.807) is 12.1 Å². The molecule has 2 fully saturated rings. The van der Waals surface area contributed by atoms with Crippen molar-refractivity contribution in [3.05, 3.63) is 48.0 Å². The Hall–Kier alpha value is -3.06. The molecule has 3 aromatic rings. The van der Waals surface area contributed by atoms with E-state index in [1.165, 1.54) is 23.6 Å². The average Bonchev–Trinajstić information content (AvgIpc) is 3.40. The van der Waals surface area contributed by atoms with Crippen molar-refractivity contribution in [3.63, 3.8) is 0 Å². The highest BCUT2D eigenvalue weighted by atomic mass is 32.2. The number of benzene rings is 2. The third-order valence-electron chi connectivity index (χ3n) is 6.91. The molecule has 5 rings (SSSR count). The van der Waals surface area contributed by atoms with Crippen LogP contribution >= 0.6 is 0 Å². The van der Waals surface area contributed by atoms with Gasteiger partial charge in [-0.2, -0.15) is 18.4 Å². The van der Waals surface area contributed by atoms with Crippen molar-refractivity contribution in [2.45, 2.75) is 32.7 Å². The molecule has 0 saturated carbocycles. The van der Waals surface area contributed by atoms with Crippen molar-refractivity contribution in [1.29, 1.82) is 5.26 Å². The number of rotatable bonds is 7. The molecule has 0 atom stereocenters. The standard InChI is InChI=1S/C26H31N5O3S/c1-2-30-25-18-22(34-17-16-29-13-4-3-5-14-29)10-11-23(25)24(19-27)26(30)20-6-8-21(9-7-20)31-15-12-28-35(31,32)33/h6-11,18,28H,2-5,12-17H2,1H3. The molecule has 0 amide bonds. The van der Waals surface area contributed by atoms with Crippen LogP contribution in [0.25, 0.3) is 22.2 Å². The van der Waals surface area contributed by atoms with Gasteiger partial charge in [0.05, 0.1) is 22.5 Å². The number of nitrogens with one attached hydrogen (secondary N) is 1. The second-order valence-electron chi connectivity index (χ2n) is 9.03. The number of anilines is 1. The van der Waals surface area contributed by atoms with E-state index in [-0.39, 0.29) is 0 Å². The fourth-order valence-electron chi connectivity index (χ4n) is 5.16. The summed E-state index contributed by atoms with van der Waals surface area (Å²) in [7, 11) is -3.47. The minimum Gasteiger partial charge on any atom is -0.492 e. The van der Waals surface area contributed by atoms with E-state index in [0.717, 1.165) is 47.5 Å². The quantitative estimate of drug-likeness (QED) is 0.542. The predicted molar refractivity (Wildman–Crippen MR) is 138 cm³/mol. The SMILES string of the molecule is CCn1c(-c2ccc(N3CCNS3(=O)=O)cc2)c(C#N)c2ccc(OCCN3CCCCC3)cc21. The van der Waals surface area contributed by atoms with Crippen LogP contribution in [0.15, 0.2) is 42.5 Å². The van der Waals surface area contributed by atoms with E-state index < -0.39 is 10.2 Å². The summed E-state index contributed by atoms with van der Waals surface area (Å²) in [6.45, 7) is 7.42. The van der Waals surface area contributed by atoms with Gasteiger partial charge in [0.25, 0.3) is 0 Å². The maximum absolute atomic E-state index is 12.2. The number of aryl methyl sites for hydroxylation is 1. The Kier molecular flexibility index (Phi) is 6.69. The van der Waals surface area contributed by atoms with Crippen LogP contribution in [0.2, 0.25) is 0 Å². The van der Waals surface area contributed by atoms with Gasteiger partial charge in [-0.05, 0) is 62.7 Å². The Bertz CT molecular complexity index is 1350. The van der Waals surface area contributed by atoms with Crippen LogP contribution in [0.3, 0.4) is 0 Å². The minimum atomic E-state index is -3.47. The molecule has 0 radical (unpaired) electrons. The number of nitrogens with zero attached hydrogens (tertiary/aromatic N) is 4. The Morgan fingerprint density at radius 1 is 1.06 bits per heavy atom. The number of fused-ring (bicyclic) bond motifs is 1. The first-order valence-electron chi connectivity index (χ1n) is 12.3. The molecule has 35 heavy (non-hydrogen) atoms. The molecule has 1 N–H and O–H groups in total. The zero-order chi connectivity index (χ0) is 24.4. The fraction of sp³-hybridized carbons (Fsp3) is 0.423. The number of piperidine rings is 1. The lowest BCUT2D eigenvalue weighted by molar-refractivity contribution is 0.183. The third-order valence-corrected chi connectivity index (χ3v) is 8.45. The molecular weight excluding hydrogens is 462 g/mol. The first kappa shape index (κ1) is 23.7. The van der Waals surface area contributed by atoms with Crippen LogP contribution in [0.4, 0.5) is 5.69 Å². The summed E-state index contributed by atoms with van der Waals surface area (Å²) in [4.78, 5) is 2.45. The van der Waals surface area contributed by atoms with E-state index in [1.807, 2.05) is 30.3 Å². The summed E-state index contributed by atoms with van der Waals surface area (Å²) >= 11 is 0. The van der Waals surface area contributed by atoms with Crippen LogP contribution in [-0.4, -0.2) is 57.2 Å². The zero-order valence-corrected chi connectivity index (χ0v) is 20.9. The van der Waals surface area contributed by atoms with Crippen molar-refractivity contribution in [2.24, 2.45) is 0 Å². The molecule has 0 spiro atoms. The summed E-state index contributed by atoms with van der Waals surface area (Å²) < 4.78 is 36.5. The first-order valence-corrected chi connectivity index (χ1v) is 13.7. The third kappa shape index (κ3) is 4.61. The first-order chi connectivity index (χ1) is 17.0. The summed E-state index contributed by atoms with van der Waals surface area (Å²) in [6, 6.07) is 15.7. The van der Waals surface area contributed by atoms with E-state index >= 15 is 0 Å². The number of nitriles is 1. The molecule has 2 aliphatic rings. The average molecular weight is 494 g/mol. The van der Waals surface area contributed by atoms with Gasteiger partial charge in [-0.25, -0.2) is 0 Å². The van der Waals surface area contributed by atoms with Gasteiger partial charge in [0, 0.05) is 37.6 Å². The molecule has 2 aromatic carbocycles. The van der Waals surface area contributed by atoms with Gasteiger partial charge in [-0.15, -0.1) is 0 Å². The lowest BCUT2D eigenvalue weighted by Crippen LogP contribution is -2.33. The number of hydrogen-bond donors (Lipinski definition) is 1. The molecule has 0 unspecified atom stereocenters. The monoisotopic (exact) mass is 493 g/mol. The molecule has 0 bridgehead atoms. The van der Waals surface area contributed by atoms with Gasteiger partial charge in [0.2, 0.25) is 0 Å². The van der Waals surface area contributed by atoms with Gasteiger partial charge in [-0.1, -0.05) is 18.6 Å². The van der Waals surface area contributed by atoms with Gasteiger partial charge >= 0.3 is 10.2 Å². The van der Waals surface area contributed by atoms with Gasteiger partial charge in [0.15, 0.2) is 0 Å². The van der Waals surface area contributed by atoms with Gasteiger partial charge in [-0.3, -0.25) is 9.21 Å². The maximum Gasteiger partial charge on any atom is 0.301 e. The van der Waals surface area contributed by atoms with Crippen molar-refractivity contribution >= 4 is 26.8 Å². The Balaban J connectivity index is 1.43. The molecule has 0 aliphatic carbocycles. The highest BCUT2D eigenvalue weighted by Gasteiger charge is 2.28. The smallest absolute Gasteiger partial charge is 0.301 e. The summed E-state index contributed by atoms with van der Waals surface area (Å²) in [5.41, 5.74) is 3.90. The Labute approximate surface area is 206 Å². The molecule has 184 valence electrons. The van der Waals surface area contributed by atoms with Crippen molar-refractivity contribution in [3.8, 4) is 23.1 Å². The van der Waals surface area contributed by atoms with Crippen molar-refractivity contribution in [2.75, 3.05) is 43.6 Å². The minimum absolute atomic E-state index is 0.398. The Morgan fingerprint density at radius 3 is 2.49 bits per heavy atom. The lowest BCUT2D eigenvalue weighted by atomic mass is 10.1. The highest BCUT2D eigenvalue weighted by molar-refractivity contribution is 7.91. The summed E-state index contributed by atoms with van der Waals surface area (Å²) in [6.07, 6.45) is 3.85. The van der Waals surface area contributed by atoms with Crippen molar-refractivity contribution < 1.29 is 13.2 Å². The largest absolute Gasteiger partial charge is 0.492 e. The van der Waals surface area contributed by atoms with Crippen LogP contribution in [-0.2, 0) is 16.8 Å². The van der Waals surface area contributed by atoms with E-state index in [0.29, 0.717) is 37.5 Å². The molecule has 9 heteroatoms. The van der Waals surface area contributed by atoms with Crippen LogP contribution in [0.5, 0.6) is 5.75 Å². The van der Waals surface area contributed by atoms with Crippen LogP contribution in [0.1, 0.15) is 31.7 Å². The summed E-state index contributed by atoms with van der Waals surface area (Å²) in [5.74, 6) is 0.805. The maximum atomic E-state index is 12.2. The molecule has 1 aromatic heterocycles. The molecule has 2 aliphatic heterocycles. The molecule has 3 heterocycles. The van der Waals surface area contributed by atoms with E-state index in [4.69, 9.17) is 4.74 Å². The topological polar surface area (TPSA) is 90.6 Å². The van der Waals surface area contributed by atoms with Gasteiger partial charge < -0.3 is 9.30 Å². The molecule has 2 saturated heterocycles. The number of aromatic nitrogens is 1. The number of ether oxygens (including phenoxy) is 1. The Morgan fingerprint density at radius 2 is 1.83 bits per heavy atom. The second-order valence-corrected chi connectivity index (χ2v) is 10.7. The number of hydrogen-bond acceptors (Lipinski definition) is 5. The normalized spacial score (nSPS) is 18.1. The second kappa shape index (κ2) is 9.90. The lowest BCUT2D eigenvalue weighted by Gasteiger charge is -2.26.